The van der Waals surface area contributed by atoms with Crippen molar-refractivity contribution in [3.8, 4) is 17.5 Å². The van der Waals surface area contributed by atoms with Gasteiger partial charge in [0.1, 0.15) is 17.3 Å². The molecule has 11 heteroatoms. The number of anilines is 1. The maximum Gasteiger partial charge on any atom is 0.306 e. The number of nitrogens with zero attached hydrogens (tertiary/aromatic N) is 5. The molecular weight excluding hydrogens is 511 g/mol. The van der Waals surface area contributed by atoms with Gasteiger partial charge in [-0.15, -0.1) is 0 Å². The summed E-state index contributed by atoms with van der Waals surface area (Å²) in [5.74, 6) is 1.33. The molecule has 198 valence electrons. The topological polar surface area (TPSA) is 100 Å². The standard InChI is InChI=1S/C27H28ClFN6O3/c1-33-25(36)23-24(32-27(33)38-21-6-2-5-20(13-21)37-19-8-9-19)31-26(34-11-3-4-18(30)15-34)35(23)14-16-12-17(29)7-10-22(16)28/h2,5-7,10,12-13,18-19H,3-4,8-9,11,14-15,30H2,1H3/t18-/m1/s1. The van der Waals surface area contributed by atoms with Crippen LogP contribution in [-0.4, -0.2) is 44.3 Å². The summed E-state index contributed by atoms with van der Waals surface area (Å²) in [5.41, 5.74) is 6.95. The number of imidazole rings is 1. The summed E-state index contributed by atoms with van der Waals surface area (Å²) in [6.07, 6.45) is 4.15. The predicted molar refractivity (Wildman–Crippen MR) is 143 cm³/mol. The average Bonchev–Trinajstić information content (AvgIpc) is 3.64. The number of hydrogen-bond acceptors (Lipinski definition) is 7. The number of piperidine rings is 1. The molecule has 4 aromatic rings. The SMILES string of the molecule is Cn1c(Oc2cccc(OC3CC3)c2)nc2nc(N3CCC[C@@H](N)C3)n(Cc3cc(F)ccc3Cl)c2c1=O. The minimum atomic E-state index is -0.412. The first kappa shape index (κ1) is 24.7. The van der Waals surface area contributed by atoms with E-state index in [0.29, 0.717) is 34.6 Å². The van der Waals surface area contributed by atoms with Gasteiger partial charge in [0.05, 0.1) is 12.6 Å². The van der Waals surface area contributed by atoms with Gasteiger partial charge in [-0.25, -0.2) is 4.39 Å². The molecule has 38 heavy (non-hydrogen) atoms. The van der Waals surface area contributed by atoms with Crippen LogP contribution in [0, 0.1) is 5.82 Å². The zero-order chi connectivity index (χ0) is 26.4. The zero-order valence-corrected chi connectivity index (χ0v) is 21.7. The van der Waals surface area contributed by atoms with Gasteiger partial charge in [0.2, 0.25) is 5.95 Å². The summed E-state index contributed by atoms with van der Waals surface area (Å²) in [5, 5.41) is 0.396. The lowest BCUT2D eigenvalue weighted by molar-refractivity contribution is 0.301. The molecule has 3 heterocycles. The Balaban J connectivity index is 1.43. The second kappa shape index (κ2) is 9.92. The first-order chi connectivity index (χ1) is 18.4. The van der Waals surface area contributed by atoms with Crippen LogP contribution in [0.2, 0.25) is 5.02 Å². The summed E-state index contributed by atoms with van der Waals surface area (Å²) in [6.45, 7) is 1.45. The van der Waals surface area contributed by atoms with E-state index < -0.39 is 5.82 Å². The number of rotatable bonds is 7. The largest absolute Gasteiger partial charge is 0.490 e. The fraction of sp³-hybridized carbons (Fsp3) is 0.370. The van der Waals surface area contributed by atoms with Crippen LogP contribution in [0.4, 0.5) is 10.3 Å². The number of hydrogen-bond donors (Lipinski definition) is 1. The quantitative estimate of drug-likeness (QED) is 0.376. The van der Waals surface area contributed by atoms with E-state index in [0.717, 1.165) is 32.2 Å². The number of benzene rings is 2. The number of fused-ring (bicyclic) bond motifs is 1. The molecule has 1 saturated heterocycles. The molecular formula is C27H28ClFN6O3. The third-order valence-corrected chi connectivity index (χ3v) is 7.21. The maximum atomic E-state index is 14.1. The van der Waals surface area contributed by atoms with E-state index in [1.165, 1.54) is 22.8 Å². The van der Waals surface area contributed by atoms with Gasteiger partial charge >= 0.3 is 6.01 Å². The average molecular weight is 539 g/mol. The van der Waals surface area contributed by atoms with Crippen LogP contribution in [0.1, 0.15) is 31.2 Å². The fourth-order valence-corrected chi connectivity index (χ4v) is 4.91. The van der Waals surface area contributed by atoms with E-state index in [2.05, 4.69) is 4.98 Å². The Morgan fingerprint density at radius 1 is 1.13 bits per heavy atom. The summed E-state index contributed by atoms with van der Waals surface area (Å²) in [6, 6.07) is 11.5. The van der Waals surface area contributed by atoms with Crippen LogP contribution in [0.15, 0.2) is 47.3 Å². The highest BCUT2D eigenvalue weighted by Crippen LogP contribution is 2.31. The molecule has 1 aliphatic heterocycles. The minimum absolute atomic E-state index is 0.0189. The highest BCUT2D eigenvalue weighted by Gasteiger charge is 2.27. The van der Waals surface area contributed by atoms with Gasteiger partial charge < -0.3 is 20.1 Å². The Morgan fingerprint density at radius 2 is 1.95 bits per heavy atom. The second-order valence-corrected chi connectivity index (χ2v) is 10.3. The number of halogens is 2. The van der Waals surface area contributed by atoms with Crippen molar-refractivity contribution in [2.45, 2.75) is 44.4 Å². The number of aromatic nitrogens is 4. The van der Waals surface area contributed by atoms with Crippen molar-refractivity contribution in [3.63, 3.8) is 0 Å². The van der Waals surface area contributed by atoms with Crippen molar-refractivity contribution >= 4 is 28.7 Å². The van der Waals surface area contributed by atoms with E-state index in [1.54, 1.807) is 23.7 Å². The Morgan fingerprint density at radius 3 is 2.74 bits per heavy atom. The van der Waals surface area contributed by atoms with E-state index in [4.69, 9.17) is 31.8 Å². The van der Waals surface area contributed by atoms with Crippen molar-refractivity contribution in [3.05, 3.63) is 69.2 Å². The highest BCUT2D eigenvalue weighted by atomic mass is 35.5. The summed E-state index contributed by atoms with van der Waals surface area (Å²) in [7, 11) is 1.59. The van der Waals surface area contributed by atoms with Crippen LogP contribution in [0.3, 0.4) is 0 Å². The van der Waals surface area contributed by atoms with E-state index in [1.807, 2.05) is 17.0 Å². The van der Waals surface area contributed by atoms with Gasteiger partial charge in [-0.3, -0.25) is 13.9 Å². The lowest BCUT2D eigenvalue weighted by atomic mass is 10.1. The molecule has 0 spiro atoms. The third kappa shape index (κ3) is 4.93. The molecule has 1 atom stereocenters. The van der Waals surface area contributed by atoms with Crippen molar-refractivity contribution < 1.29 is 13.9 Å². The van der Waals surface area contributed by atoms with Gasteiger partial charge in [-0.05, 0) is 61.6 Å². The van der Waals surface area contributed by atoms with E-state index in [-0.39, 0.29) is 41.4 Å². The van der Waals surface area contributed by atoms with Crippen molar-refractivity contribution in [1.82, 2.24) is 19.1 Å². The van der Waals surface area contributed by atoms with Gasteiger partial charge in [0, 0.05) is 37.3 Å². The molecule has 0 bridgehead atoms. The molecule has 0 radical (unpaired) electrons. The van der Waals surface area contributed by atoms with Crippen LogP contribution >= 0.6 is 11.6 Å². The lowest BCUT2D eigenvalue weighted by Crippen LogP contribution is -2.44. The molecule has 1 aliphatic carbocycles. The normalized spacial score (nSPS) is 17.7. The van der Waals surface area contributed by atoms with E-state index in [9.17, 15) is 9.18 Å². The van der Waals surface area contributed by atoms with Crippen molar-refractivity contribution in [2.24, 2.45) is 12.8 Å². The smallest absolute Gasteiger partial charge is 0.306 e. The Kier molecular flexibility index (Phi) is 6.45. The van der Waals surface area contributed by atoms with Gasteiger partial charge in [0.15, 0.2) is 11.2 Å². The van der Waals surface area contributed by atoms with Crippen LogP contribution in [0.5, 0.6) is 17.5 Å². The Bertz CT molecular complexity index is 1570. The first-order valence-corrected chi connectivity index (χ1v) is 13.1. The molecule has 2 fully saturated rings. The Hall–Kier alpha value is -3.63. The molecule has 0 unspecified atom stereocenters. The van der Waals surface area contributed by atoms with E-state index >= 15 is 0 Å². The van der Waals surface area contributed by atoms with Crippen molar-refractivity contribution in [2.75, 3.05) is 18.0 Å². The third-order valence-electron chi connectivity index (χ3n) is 6.84. The fourth-order valence-electron chi connectivity index (χ4n) is 4.73. The molecule has 0 amide bonds. The molecule has 2 N–H and O–H groups in total. The molecule has 9 nitrogen and oxygen atoms in total. The molecule has 1 saturated carbocycles. The predicted octanol–water partition coefficient (Wildman–Crippen LogP) is 4.23. The summed E-state index contributed by atoms with van der Waals surface area (Å²) < 4.78 is 29.1. The van der Waals surface area contributed by atoms with Gasteiger partial charge in [0.25, 0.3) is 5.56 Å². The van der Waals surface area contributed by atoms with Crippen molar-refractivity contribution in [1.29, 1.82) is 0 Å². The van der Waals surface area contributed by atoms with Crippen LogP contribution < -0.4 is 25.7 Å². The minimum Gasteiger partial charge on any atom is -0.490 e. The highest BCUT2D eigenvalue weighted by molar-refractivity contribution is 6.31. The van der Waals surface area contributed by atoms with Gasteiger partial charge in [-0.1, -0.05) is 17.7 Å². The molecule has 2 aromatic heterocycles. The maximum absolute atomic E-state index is 14.1. The lowest BCUT2D eigenvalue weighted by Gasteiger charge is -2.32. The zero-order valence-electron chi connectivity index (χ0n) is 20.9. The molecule has 2 aliphatic rings. The van der Waals surface area contributed by atoms with Crippen LogP contribution in [0.25, 0.3) is 11.2 Å². The second-order valence-electron chi connectivity index (χ2n) is 9.91. The monoisotopic (exact) mass is 538 g/mol. The summed E-state index contributed by atoms with van der Waals surface area (Å²) >= 11 is 6.40. The van der Waals surface area contributed by atoms with Crippen LogP contribution in [-0.2, 0) is 13.6 Å². The molecule has 6 rings (SSSR count). The Labute approximate surface area is 223 Å². The summed E-state index contributed by atoms with van der Waals surface area (Å²) in [4.78, 5) is 25.1. The number of nitrogens with two attached hydrogens (primary N) is 1. The molecule has 2 aromatic carbocycles. The number of ether oxygens (including phenoxy) is 2. The first-order valence-electron chi connectivity index (χ1n) is 12.7. The van der Waals surface area contributed by atoms with Gasteiger partial charge in [-0.2, -0.15) is 9.97 Å².